The lowest BCUT2D eigenvalue weighted by atomic mass is 9.78. The van der Waals surface area contributed by atoms with E-state index in [0.29, 0.717) is 26.4 Å². The molecule has 0 amide bonds. The first-order valence-corrected chi connectivity index (χ1v) is 53.6. The molecule has 12 heterocycles. The molecule has 0 unspecified atom stereocenters. The number of ether oxygens (including phenoxy) is 4. The summed E-state index contributed by atoms with van der Waals surface area (Å²) in [6, 6.07) is 80.9. The van der Waals surface area contributed by atoms with Gasteiger partial charge in [-0.1, -0.05) is 312 Å². The van der Waals surface area contributed by atoms with Crippen LogP contribution in [0.3, 0.4) is 0 Å². The molecule has 0 saturated carbocycles. The van der Waals surface area contributed by atoms with Crippen molar-refractivity contribution in [2.24, 2.45) is 0 Å². The van der Waals surface area contributed by atoms with Gasteiger partial charge in [-0.25, -0.2) is 19.9 Å². The zero-order chi connectivity index (χ0) is 104. The fraction of sp³-hybridized carbons (Fsp3) is 0.324. The quantitative estimate of drug-likeness (QED) is 0.127. The van der Waals surface area contributed by atoms with E-state index in [4.69, 9.17) is 38.9 Å². The van der Waals surface area contributed by atoms with Crippen LogP contribution in [0.15, 0.2) is 243 Å². The third-order valence-electron chi connectivity index (χ3n) is 29.3. The second-order valence-corrected chi connectivity index (χ2v) is 49.2. The molecule has 8 aromatic carbocycles. The van der Waals surface area contributed by atoms with Gasteiger partial charge in [0.05, 0.1) is 72.0 Å². The van der Waals surface area contributed by atoms with Gasteiger partial charge in [0.25, 0.3) is 0 Å². The molecule has 14 aromatic rings. The molecule has 0 fully saturated rings. The Labute approximate surface area is 877 Å². The molecular formula is C136H148N8O4. The minimum atomic E-state index is -0.162. The first-order chi connectivity index (χ1) is 70.3. The van der Waals surface area contributed by atoms with Gasteiger partial charge in [-0.3, -0.25) is 0 Å². The summed E-state index contributed by atoms with van der Waals surface area (Å²) in [6.45, 7) is 57.6. The van der Waals surface area contributed by atoms with Crippen molar-refractivity contribution in [2.75, 3.05) is 26.4 Å². The lowest BCUT2D eigenvalue weighted by Gasteiger charge is -2.26. The molecule has 0 spiro atoms. The Morgan fingerprint density at radius 1 is 0.182 bits per heavy atom. The standard InChI is InChI=1S/C136H148N8O4/c1-129(2,3)93-69-89(70-94(81-93)130(4,5)6)125-113-57-49-105(137-113)121-85-41-37-45-101(77-85)145-65-33-29-25-27-31-35-67-147-103-47-39-43-87(79-103)123-109-53-61-117(141-109)127(91-73-97(133(13,14)15)83-98(74-91)134(16,17)18)118-62-54-110(142-118)124(112-56-64-120(144-112)128(119-63-55-111(123)143-119)92-75-99(135(19,20)21)84-100(76-92)136(22,23)24)88-44-40-48-104(80-88)148-68-36-32-28-26-30-34-66-146-102-46-38-42-86(78-102)122(106-50-58-114(125)138-106)108-52-60-116(140-108)126(115-59-51-107(121)139-115)90-71-95(131(7,8)9)82-96(72-90)132(10,11)12/h25-28,37-64,69-84,137,140-141,144H,29-36,65-68H2,1-24H3. The largest absolute Gasteiger partial charge is 0.494 e. The summed E-state index contributed by atoms with van der Waals surface area (Å²) >= 11 is 0. The van der Waals surface area contributed by atoms with Gasteiger partial charge in [0, 0.05) is 88.6 Å². The highest BCUT2D eigenvalue weighted by Crippen LogP contribution is 2.49. The summed E-state index contributed by atoms with van der Waals surface area (Å²) in [6.07, 6.45) is 33.6. The SMILES string of the molecule is CC(C)(C)c1cc(-c2c3nc(c4c5ccc([nH]5)c(-c5cc(C(C)(C)C)cc(C(C)(C)C)c5)c5nc(c(c6ccc2[nH]6)-c2cccc(c2)OCCCC=CCCCOc2cccc(c2)-c2c6nc(c(-c7cc(C(C)(C)C)cc(C(C)(C)C)c7)c7ccc([nH]7)c(c7nc(c(-c8cc(C(C)(C)C)cc(C(C)(C)C)c8)c8ccc2[nH]8)C=C7)-c2cccc(c2)OCCCC=CCCCOc2cccc-4c2)C=C6)C=C5)C=C3)cc(C(C)(C)C)c1. The van der Waals surface area contributed by atoms with E-state index in [1.807, 2.05) is 0 Å². The zero-order valence-corrected chi connectivity index (χ0v) is 91.6. The Hall–Kier alpha value is -14.4. The molecule has 6 aliphatic rings. The van der Waals surface area contributed by atoms with Crippen molar-refractivity contribution >= 4 is 92.7 Å². The van der Waals surface area contributed by atoms with Crippen LogP contribution in [-0.2, 0) is 43.3 Å². The van der Waals surface area contributed by atoms with Crippen LogP contribution < -0.4 is 18.9 Å². The van der Waals surface area contributed by atoms with Gasteiger partial charge in [0.15, 0.2) is 0 Å². The van der Waals surface area contributed by atoms with Gasteiger partial charge >= 0.3 is 0 Å². The van der Waals surface area contributed by atoms with Gasteiger partial charge < -0.3 is 38.9 Å². The predicted molar refractivity (Wildman–Crippen MR) is 628 cm³/mol. The average Bonchev–Trinajstić information content (AvgIpc) is 1.60. The van der Waals surface area contributed by atoms with E-state index in [1.54, 1.807) is 0 Å². The molecule has 6 aromatic heterocycles. The van der Waals surface area contributed by atoms with E-state index in [-0.39, 0.29) is 43.3 Å². The molecule has 0 radical (unpaired) electrons. The molecule has 0 saturated heterocycles. The number of nitrogens with zero attached hydrogens (tertiary/aromatic N) is 4. The molecular weight excluding hydrogens is 1810 g/mol. The second kappa shape index (κ2) is 40.7. The van der Waals surface area contributed by atoms with Crippen molar-refractivity contribution in [1.82, 2.24) is 39.9 Å². The van der Waals surface area contributed by atoms with Crippen LogP contribution in [0.25, 0.3) is 182 Å². The van der Waals surface area contributed by atoms with E-state index in [0.717, 1.165) is 253 Å². The third-order valence-corrected chi connectivity index (χ3v) is 29.3. The maximum absolute atomic E-state index is 6.83. The van der Waals surface area contributed by atoms with Crippen molar-refractivity contribution in [3.05, 3.63) is 333 Å². The van der Waals surface area contributed by atoms with Crippen molar-refractivity contribution in [3.63, 3.8) is 0 Å². The molecule has 6 aliphatic heterocycles. The minimum absolute atomic E-state index is 0.162. The monoisotopic (exact) mass is 1960 g/mol. The van der Waals surface area contributed by atoms with E-state index >= 15 is 0 Å². The Morgan fingerprint density at radius 3 is 0.493 bits per heavy atom. The van der Waals surface area contributed by atoms with E-state index in [1.165, 1.54) is 44.5 Å². The normalized spacial score (nSPS) is 14.5. The molecule has 20 rings (SSSR count). The number of fused-ring (bicyclic) bond motifs is 20. The van der Waals surface area contributed by atoms with Crippen molar-refractivity contribution in [3.8, 4) is 112 Å². The molecule has 12 nitrogen and oxygen atoms in total. The first kappa shape index (κ1) is 102. The number of allylic oxidation sites excluding steroid dienone is 4. The Bertz CT molecular complexity index is 6970. The van der Waals surface area contributed by atoms with Crippen LogP contribution in [0.4, 0.5) is 0 Å². The molecule has 0 atom stereocenters. The van der Waals surface area contributed by atoms with Crippen LogP contribution >= 0.6 is 0 Å². The topological polar surface area (TPSA) is 152 Å². The summed E-state index contributed by atoms with van der Waals surface area (Å²) in [5, 5.41) is 0. The maximum atomic E-state index is 6.83. The highest BCUT2D eigenvalue weighted by atomic mass is 16.5. The fourth-order valence-electron chi connectivity index (χ4n) is 20.4. The number of aromatic amines is 4. The first-order valence-electron chi connectivity index (χ1n) is 53.6. The average molecular weight is 1960 g/mol. The number of nitrogens with one attached hydrogen (secondary N) is 4. The smallest absolute Gasteiger partial charge is 0.119 e. The summed E-state index contributed by atoms with van der Waals surface area (Å²) in [5.41, 5.74) is 38.9. The molecule has 756 valence electrons. The molecule has 28 bridgehead atoms. The maximum Gasteiger partial charge on any atom is 0.119 e. The lowest BCUT2D eigenvalue weighted by molar-refractivity contribution is 0.310. The molecule has 148 heavy (non-hydrogen) atoms. The number of benzene rings is 8. The van der Waals surface area contributed by atoms with Gasteiger partial charge in [-0.05, 0) is 329 Å². The zero-order valence-electron chi connectivity index (χ0n) is 91.6. The van der Waals surface area contributed by atoms with E-state index in [9.17, 15) is 0 Å². The number of hydrogen-bond acceptors (Lipinski definition) is 8. The van der Waals surface area contributed by atoms with Crippen LogP contribution in [0.1, 0.15) is 308 Å². The highest BCUT2D eigenvalue weighted by molar-refractivity contribution is 6.04. The van der Waals surface area contributed by atoms with Crippen LogP contribution in [0, 0.1) is 0 Å². The number of hydrogen-bond donors (Lipinski definition) is 4. The van der Waals surface area contributed by atoms with Crippen LogP contribution in [-0.4, -0.2) is 66.3 Å². The third kappa shape index (κ3) is 22.6. The van der Waals surface area contributed by atoms with Crippen LogP contribution in [0.2, 0.25) is 0 Å². The highest BCUT2D eigenvalue weighted by Gasteiger charge is 2.32. The predicted octanol–water partition coefficient (Wildman–Crippen LogP) is 36.8. The van der Waals surface area contributed by atoms with Crippen molar-refractivity contribution < 1.29 is 18.9 Å². The van der Waals surface area contributed by atoms with Gasteiger partial charge in [0.1, 0.15) is 23.0 Å². The minimum Gasteiger partial charge on any atom is -0.494 e. The molecule has 0 aliphatic carbocycles. The van der Waals surface area contributed by atoms with Crippen molar-refractivity contribution in [1.29, 1.82) is 0 Å². The summed E-state index contributed by atoms with van der Waals surface area (Å²) < 4.78 is 27.3. The summed E-state index contributed by atoms with van der Waals surface area (Å²) in [7, 11) is 0. The molecule has 12 heteroatoms. The second-order valence-electron chi connectivity index (χ2n) is 49.2. The Morgan fingerprint density at radius 2 is 0.338 bits per heavy atom. The summed E-state index contributed by atoms with van der Waals surface area (Å²) in [4.78, 5) is 39.9. The summed E-state index contributed by atoms with van der Waals surface area (Å²) in [5.74, 6) is 3.14. The van der Waals surface area contributed by atoms with E-state index in [2.05, 4.69) is 477 Å². The van der Waals surface area contributed by atoms with E-state index < -0.39 is 0 Å². The number of H-pyrrole nitrogens is 4. The fourth-order valence-corrected chi connectivity index (χ4v) is 20.4. The Balaban J connectivity index is 0.730. The van der Waals surface area contributed by atoms with Gasteiger partial charge in [0.2, 0.25) is 0 Å². The van der Waals surface area contributed by atoms with Crippen LogP contribution in [0.5, 0.6) is 23.0 Å². The molecule has 4 N–H and O–H groups in total. The van der Waals surface area contributed by atoms with Gasteiger partial charge in [-0.2, -0.15) is 0 Å². The lowest BCUT2D eigenvalue weighted by Crippen LogP contribution is -2.16. The van der Waals surface area contributed by atoms with Crippen molar-refractivity contribution in [2.45, 2.75) is 261 Å². The van der Waals surface area contributed by atoms with Gasteiger partial charge in [-0.15, -0.1) is 0 Å². The number of rotatable bonds is 4. The number of aromatic nitrogens is 8. The Kier molecular flexibility index (Phi) is 28.1.